The highest BCUT2D eigenvalue weighted by Gasteiger charge is 2.52. The van der Waals surface area contributed by atoms with Crippen molar-refractivity contribution in [1.82, 2.24) is 5.32 Å². The maximum atomic E-state index is 12.5. The van der Waals surface area contributed by atoms with Crippen LogP contribution in [0.25, 0.3) is 0 Å². The van der Waals surface area contributed by atoms with Crippen LogP contribution in [0.15, 0.2) is 0 Å². The van der Waals surface area contributed by atoms with Gasteiger partial charge in [0.15, 0.2) is 5.78 Å². The third-order valence-electron chi connectivity index (χ3n) is 3.54. The van der Waals surface area contributed by atoms with Crippen LogP contribution in [-0.2, 0) is 9.59 Å². The number of nitrogens with one attached hydrogen (secondary N) is 1. The zero-order valence-electron chi connectivity index (χ0n) is 12.8. The molecule has 19 heavy (non-hydrogen) atoms. The zero-order chi connectivity index (χ0) is 15.1. The summed E-state index contributed by atoms with van der Waals surface area (Å²) in [6, 6.07) is 1.50. The highest BCUT2D eigenvalue weighted by Crippen LogP contribution is 2.45. The molecule has 1 rings (SSSR count). The van der Waals surface area contributed by atoms with Gasteiger partial charge < -0.3 is 5.32 Å². The second kappa shape index (κ2) is 4.63. The van der Waals surface area contributed by atoms with Crippen LogP contribution in [0.2, 0.25) is 0 Å². The third-order valence-corrected chi connectivity index (χ3v) is 3.54. The molecule has 0 bridgehead atoms. The van der Waals surface area contributed by atoms with Crippen LogP contribution >= 0.6 is 0 Å². The Kier molecular flexibility index (Phi) is 3.82. The average Bonchev–Trinajstić information content (AvgIpc) is 3.02. The summed E-state index contributed by atoms with van der Waals surface area (Å²) in [7, 11) is 0. The standard InChI is InChI=1S/C15H24N2O2/c1-13(2,3)10(11(18)14(4,5)6)17-12(19)15(9-16)7-8-15/h10H,7-8H2,1-6H3,(H,17,19)/t10-/m1/s1. The molecule has 1 aliphatic rings. The molecule has 0 aromatic heterocycles. The summed E-state index contributed by atoms with van der Waals surface area (Å²) in [6.07, 6.45) is 1.19. The van der Waals surface area contributed by atoms with E-state index in [2.05, 4.69) is 11.4 Å². The Labute approximate surface area is 115 Å². The predicted octanol–water partition coefficient (Wildman–Crippen LogP) is 2.44. The van der Waals surface area contributed by atoms with Gasteiger partial charge >= 0.3 is 0 Å². The van der Waals surface area contributed by atoms with E-state index in [9.17, 15) is 9.59 Å². The van der Waals surface area contributed by atoms with Crippen molar-refractivity contribution < 1.29 is 9.59 Å². The Balaban J connectivity index is 2.93. The minimum absolute atomic E-state index is 0.00193. The summed E-state index contributed by atoms with van der Waals surface area (Å²) >= 11 is 0. The van der Waals surface area contributed by atoms with Crippen molar-refractivity contribution in [3.63, 3.8) is 0 Å². The normalized spacial score (nSPS) is 19.2. The molecule has 1 aliphatic carbocycles. The first-order valence-electron chi connectivity index (χ1n) is 6.70. The highest BCUT2D eigenvalue weighted by molar-refractivity contribution is 5.96. The van der Waals surface area contributed by atoms with E-state index in [-0.39, 0.29) is 17.1 Å². The molecule has 4 nitrogen and oxygen atoms in total. The summed E-state index contributed by atoms with van der Waals surface area (Å²) in [5, 5.41) is 11.9. The van der Waals surface area contributed by atoms with Gasteiger partial charge in [0.1, 0.15) is 5.41 Å². The first-order valence-corrected chi connectivity index (χ1v) is 6.70. The predicted molar refractivity (Wildman–Crippen MR) is 73.1 cm³/mol. The molecule has 4 heteroatoms. The third kappa shape index (κ3) is 3.34. The topological polar surface area (TPSA) is 70.0 Å². The van der Waals surface area contributed by atoms with Crippen molar-refractivity contribution in [3.8, 4) is 6.07 Å². The van der Waals surface area contributed by atoms with E-state index in [4.69, 9.17) is 5.26 Å². The van der Waals surface area contributed by atoms with Gasteiger partial charge in [-0.05, 0) is 18.3 Å². The lowest BCUT2D eigenvalue weighted by Gasteiger charge is -2.35. The van der Waals surface area contributed by atoms with Gasteiger partial charge in [0.05, 0.1) is 12.1 Å². The number of carbonyl (C=O) groups is 2. The maximum absolute atomic E-state index is 12.5. The van der Waals surface area contributed by atoms with E-state index in [0.717, 1.165) is 0 Å². The number of Topliss-reactive ketones (excluding diaryl/α,β-unsaturated/α-hetero) is 1. The van der Waals surface area contributed by atoms with Gasteiger partial charge in [-0.25, -0.2) is 0 Å². The van der Waals surface area contributed by atoms with E-state index in [1.165, 1.54) is 0 Å². The summed E-state index contributed by atoms with van der Waals surface area (Å²) in [4.78, 5) is 24.6. The fourth-order valence-corrected chi connectivity index (χ4v) is 1.89. The first kappa shape index (κ1) is 15.7. The number of hydrogen-bond acceptors (Lipinski definition) is 3. The molecule has 0 aliphatic heterocycles. The van der Waals surface area contributed by atoms with Gasteiger partial charge in [-0.3, -0.25) is 9.59 Å². The Morgan fingerprint density at radius 2 is 1.63 bits per heavy atom. The molecular weight excluding hydrogens is 240 g/mol. The zero-order valence-corrected chi connectivity index (χ0v) is 12.8. The van der Waals surface area contributed by atoms with Crippen molar-refractivity contribution in [2.45, 2.75) is 60.4 Å². The Hall–Kier alpha value is -1.37. The van der Waals surface area contributed by atoms with Crippen LogP contribution in [0.1, 0.15) is 54.4 Å². The molecular formula is C15H24N2O2. The second-order valence-corrected chi connectivity index (χ2v) is 7.58. The molecule has 106 valence electrons. The quantitative estimate of drug-likeness (QED) is 0.851. The molecule has 1 saturated carbocycles. The van der Waals surface area contributed by atoms with Crippen LogP contribution in [0.3, 0.4) is 0 Å². The monoisotopic (exact) mass is 264 g/mol. The first-order chi connectivity index (χ1) is 8.44. The highest BCUT2D eigenvalue weighted by atomic mass is 16.2. The minimum atomic E-state index is -0.887. The lowest BCUT2D eigenvalue weighted by atomic mass is 9.75. The fourth-order valence-electron chi connectivity index (χ4n) is 1.89. The molecule has 0 radical (unpaired) electrons. The summed E-state index contributed by atoms with van der Waals surface area (Å²) in [6.45, 7) is 11.3. The lowest BCUT2D eigenvalue weighted by molar-refractivity contribution is -0.136. The van der Waals surface area contributed by atoms with E-state index in [1.54, 1.807) is 0 Å². The van der Waals surface area contributed by atoms with Crippen molar-refractivity contribution in [3.05, 3.63) is 0 Å². The Morgan fingerprint density at radius 1 is 1.16 bits per heavy atom. The fraction of sp³-hybridized carbons (Fsp3) is 0.800. The number of amides is 1. The average molecular weight is 264 g/mol. The number of rotatable bonds is 3. The van der Waals surface area contributed by atoms with Crippen molar-refractivity contribution in [2.24, 2.45) is 16.2 Å². The molecule has 1 amide bonds. The number of hydrogen-bond donors (Lipinski definition) is 1. The second-order valence-electron chi connectivity index (χ2n) is 7.58. The van der Waals surface area contributed by atoms with Crippen LogP contribution in [-0.4, -0.2) is 17.7 Å². The summed E-state index contributed by atoms with van der Waals surface area (Å²) in [5.41, 5.74) is -1.78. The van der Waals surface area contributed by atoms with Crippen LogP contribution in [0.5, 0.6) is 0 Å². The number of carbonyl (C=O) groups excluding carboxylic acids is 2. The van der Waals surface area contributed by atoms with Gasteiger partial charge in [0.25, 0.3) is 0 Å². The maximum Gasteiger partial charge on any atom is 0.241 e. The molecule has 1 atom stereocenters. The van der Waals surface area contributed by atoms with Gasteiger partial charge in [-0.1, -0.05) is 41.5 Å². The molecule has 0 spiro atoms. The van der Waals surface area contributed by atoms with Crippen LogP contribution in [0, 0.1) is 27.6 Å². The molecule has 1 fully saturated rings. The Morgan fingerprint density at radius 3 is 1.89 bits per heavy atom. The smallest absolute Gasteiger partial charge is 0.241 e. The molecule has 0 unspecified atom stereocenters. The molecule has 0 aromatic carbocycles. The van der Waals surface area contributed by atoms with Crippen molar-refractivity contribution >= 4 is 11.7 Å². The minimum Gasteiger partial charge on any atom is -0.344 e. The molecule has 0 heterocycles. The van der Waals surface area contributed by atoms with E-state index >= 15 is 0 Å². The van der Waals surface area contributed by atoms with Crippen molar-refractivity contribution in [2.75, 3.05) is 0 Å². The van der Waals surface area contributed by atoms with Gasteiger partial charge in [-0.2, -0.15) is 5.26 Å². The van der Waals surface area contributed by atoms with E-state index in [1.807, 2.05) is 41.5 Å². The number of nitrogens with zero attached hydrogens (tertiary/aromatic N) is 1. The van der Waals surface area contributed by atoms with E-state index < -0.39 is 16.9 Å². The summed E-state index contributed by atoms with van der Waals surface area (Å²) in [5.74, 6) is -0.297. The SMILES string of the molecule is CC(C)(C)C(=O)[C@@H](NC(=O)C1(C#N)CC1)C(C)(C)C. The van der Waals surface area contributed by atoms with Crippen LogP contribution < -0.4 is 5.32 Å². The van der Waals surface area contributed by atoms with Crippen molar-refractivity contribution in [1.29, 1.82) is 5.26 Å². The van der Waals surface area contributed by atoms with Crippen LogP contribution in [0.4, 0.5) is 0 Å². The van der Waals surface area contributed by atoms with E-state index in [0.29, 0.717) is 12.8 Å². The lowest BCUT2D eigenvalue weighted by Crippen LogP contribution is -2.54. The molecule has 0 saturated heterocycles. The number of ketones is 1. The van der Waals surface area contributed by atoms with Gasteiger partial charge in [0.2, 0.25) is 5.91 Å². The molecule has 1 N–H and O–H groups in total. The Bertz CT molecular complexity index is 429. The summed E-state index contributed by atoms with van der Waals surface area (Å²) < 4.78 is 0. The number of nitriles is 1. The largest absolute Gasteiger partial charge is 0.344 e. The molecule has 0 aromatic rings. The van der Waals surface area contributed by atoms with Gasteiger partial charge in [-0.15, -0.1) is 0 Å². The van der Waals surface area contributed by atoms with Gasteiger partial charge in [0, 0.05) is 5.41 Å².